The van der Waals surface area contributed by atoms with Gasteiger partial charge in [-0.25, -0.2) is 0 Å². The van der Waals surface area contributed by atoms with E-state index in [2.05, 4.69) is 33.1 Å². The fourth-order valence-corrected chi connectivity index (χ4v) is 2.99. The summed E-state index contributed by atoms with van der Waals surface area (Å²) in [5.41, 5.74) is 2.17. The number of benzene rings is 1. The molecule has 0 atom stereocenters. The summed E-state index contributed by atoms with van der Waals surface area (Å²) in [5.74, 6) is 0.174. The summed E-state index contributed by atoms with van der Waals surface area (Å²) in [5, 5.41) is 3.21. The molecule has 0 spiro atoms. The first kappa shape index (κ1) is 15.3. The number of likely N-dealkylation sites (N-methyl/N-ethyl adjacent to an activating group) is 1. The van der Waals surface area contributed by atoms with E-state index < -0.39 is 0 Å². The van der Waals surface area contributed by atoms with Crippen molar-refractivity contribution < 1.29 is 4.79 Å². The third-order valence-electron chi connectivity index (χ3n) is 3.73. The van der Waals surface area contributed by atoms with Gasteiger partial charge in [0, 0.05) is 36.3 Å². The molecule has 1 N–H and O–H groups in total. The Labute approximate surface area is 129 Å². The molecule has 0 unspecified atom stereocenters. The van der Waals surface area contributed by atoms with Crippen LogP contribution in [0.1, 0.15) is 12.5 Å². The van der Waals surface area contributed by atoms with Crippen LogP contribution in [-0.4, -0.2) is 55.0 Å². The van der Waals surface area contributed by atoms with Crippen molar-refractivity contribution in [1.29, 1.82) is 0 Å². The van der Waals surface area contributed by atoms with Gasteiger partial charge in [0.05, 0.1) is 6.54 Å². The van der Waals surface area contributed by atoms with Crippen molar-refractivity contribution >= 4 is 27.5 Å². The Balaban J connectivity index is 1.83. The molecule has 1 aromatic rings. The van der Waals surface area contributed by atoms with Gasteiger partial charge in [0.25, 0.3) is 0 Å². The summed E-state index contributed by atoms with van der Waals surface area (Å²) < 4.78 is 1.00. The van der Waals surface area contributed by atoms with Gasteiger partial charge in [-0.2, -0.15) is 0 Å². The molecule has 2 rings (SSSR count). The molecular weight excluding hydrogens is 318 g/mol. The van der Waals surface area contributed by atoms with Crippen molar-refractivity contribution in [3.63, 3.8) is 0 Å². The number of rotatable bonds is 4. The third-order valence-corrected chi connectivity index (χ3v) is 4.38. The van der Waals surface area contributed by atoms with Gasteiger partial charge in [-0.15, -0.1) is 0 Å². The van der Waals surface area contributed by atoms with Crippen LogP contribution in [0.2, 0.25) is 0 Å². The maximum Gasteiger partial charge on any atom is 0.241 e. The Kier molecular flexibility index (Phi) is 5.43. The number of hydrogen-bond acceptors (Lipinski definition) is 3. The quantitative estimate of drug-likeness (QED) is 0.914. The number of hydrogen-bond donors (Lipinski definition) is 1. The van der Waals surface area contributed by atoms with E-state index in [0.29, 0.717) is 6.54 Å². The summed E-state index contributed by atoms with van der Waals surface area (Å²) in [7, 11) is 0. The van der Waals surface area contributed by atoms with Crippen molar-refractivity contribution in [2.24, 2.45) is 0 Å². The molecule has 0 aromatic heterocycles. The highest BCUT2D eigenvalue weighted by Crippen LogP contribution is 2.23. The first-order valence-electron chi connectivity index (χ1n) is 7.10. The zero-order valence-electron chi connectivity index (χ0n) is 12.2. The zero-order valence-corrected chi connectivity index (χ0v) is 13.7. The van der Waals surface area contributed by atoms with E-state index in [1.165, 1.54) is 5.56 Å². The van der Waals surface area contributed by atoms with E-state index in [1.54, 1.807) is 0 Å². The van der Waals surface area contributed by atoms with Gasteiger partial charge in [-0.3, -0.25) is 4.79 Å². The normalized spacial score (nSPS) is 16.2. The molecule has 0 saturated carbocycles. The van der Waals surface area contributed by atoms with Gasteiger partial charge in [0.2, 0.25) is 5.91 Å². The second kappa shape index (κ2) is 7.09. The number of carbonyl (C=O) groups is 1. The Bertz CT molecular complexity index is 470. The smallest absolute Gasteiger partial charge is 0.241 e. The second-order valence-electron chi connectivity index (χ2n) is 5.15. The number of anilines is 1. The first-order valence-corrected chi connectivity index (χ1v) is 7.89. The summed E-state index contributed by atoms with van der Waals surface area (Å²) in [4.78, 5) is 16.5. The summed E-state index contributed by atoms with van der Waals surface area (Å²) in [6.45, 7) is 9.27. The average molecular weight is 340 g/mol. The molecule has 1 amide bonds. The molecule has 1 fully saturated rings. The standard InChI is InChI=1S/C15H22BrN3O/c1-3-18-6-8-19(9-7-18)15(20)11-17-14-5-4-12(2)10-13(14)16/h4-5,10,17H,3,6-9,11H2,1-2H3. The van der Waals surface area contributed by atoms with Crippen LogP contribution in [0.3, 0.4) is 0 Å². The molecule has 1 heterocycles. The number of nitrogens with one attached hydrogen (secondary N) is 1. The lowest BCUT2D eigenvalue weighted by Crippen LogP contribution is -2.49. The molecule has 5 heteroatoms. The van der Waals surface area contributed by atoms with Crippen LogP contribution in [0, 0.1) is 6.92 Å². The molecule has 1 aromatic carbocycles. The maximum atomic E-state index is 12.2. The summed E-state index contributed by atoms with van der Waals surface area (Å²) in [6.07, 6.45) is 0. The SMILES string of the molecule is CCN1CCN(C(=O)CNc2ccc(C)cc2Br)CC1. The number of nitrogens with zero attached hydrogens (tertiary/aromatic N) is 2. The van der Waals surface area contributed by atoms with Gasteiger partial charge in [0.1, 0.15) is 0 Å². The first-order chi connectivity index (χ1) is 9.60. The number of piperazine rings is 1. The second-order valence-corrected chi connectivity index (χ2v) is 6.01. The van der Waals surface area contributed by atoms with E-state index >= 15 is 0 Å². The lowest BCUT2D eigenvalue weighted by Gasteiger charge is -2.34. The molecule has 0 radical (unpaired) electrons. The monoisotopic (exact) mass is 339 g/mol. The van der Waals surface area contributed by atoms with Crippen LogP contribution >= 0.6 is 15.9 Å². The van der Waals surface area contributed by atoms with E-state index in [9.17, 15) is 4.79 Å². The van der Waals surface area contributed by atoms with Gasteiger partial charge < -0.3 is 15.1 Å². The predicted molar refractivity (Wildman–Crippen MR) is 86.1 cm³/mol. The van der Waals surface area contributed by atoms with E-state index in [-0.39, 0.29) is 5.91 Å². The molecule has 0 bridgehead atoms. The minimum Gasteiger partial charge on any atom is -0.375 e. The minimum atomic E-state index is 0.174. The van der Waals surface area contributed by atoms with Crippen LogP contribution in [0.5, 0.6) is 0 Å². The van der Waals surface area contributed by atoms with Crippen molar-refractivity contribution in [1.82, 2.24) is 9.80 Å². The van der Waals surface area contributed by atoms with Crippen LogP contribution in [0.25, 0.3) is 0 Å². The Morgan fingerprint density at radius 1 is 1.30 bits per heavy atom. The van der Waals surface area contributed by atoms with Crippen molar-refractivity contribution in [2.75, 3.05) is 44.6 Å². The van der Waals surface area contributed by atoms with Crippen LogP contribution in [-0.2, 0) is 4.79 Å². The molecular formula is C15H22BrN3O. The molecule has 20 heavy (non-hydrogen) atoms. The lowest BCUT2D eigenvalue weighted by molar-refractivity contribution is -0.131. The van der Waals surface area contributed by atoms with Crippen LogP contribution < -0.4 is 5.32 Å². The molecule has 0 aliphatic carbocycles. The topological polar surface area (TPSA) is 35.6 Å². The van der Waals surface area contributed by atoms with Crippen molar-refractivity contribution in [2.45, 2.75) is 13.8 Å². The Morgan fingerprint density at radius 3 is 2.60 bits per heavy atom. The lowest BCUT2D eigenvalue weighted by atomic mass is 10.2. The Morgan fingerprint density at radius 2 is 2.00 bits per heavy atom. The largest absolute Gasteiger partial charge is 0.375 e. The summed E-state index contributed by atoms with van der Waals surface area (Å²) >= 11 is 3.52. The molecule has 110 valence electrons. The average Bonchev–Trinajstić information content (AvgIpc) is 2.46. The van der Waals surface area contributed by atoms with E-state index in [4.69, 9.17) is 0 Å². The predicted octanol–water partition coefficient (Wildman–Crippen LogP) is 2.33. The molecule has 1 saturated heterocycles. The summed E-state index contributed by atoms with van der Waals surface area (Å²) in [6, 6.07) is 6.09. The van der Waals surface area contributed by atoms with E-state index in [0.717, 1.165) is 42.9 Å². The third kappa shape index (κ3) is 3.96. The fraction of sp³-hybridized carbons (Fsp3) is 0.533. The fourth-order valence-electron chi connectivity index (χ4n) is 2.36. The molecule has 1 aliphatic heterocycles. The van der Waals surface area contributed by atoms with Gasteiger partial charge >= 0.3 is 0 Å². The van der Waals surface area contributed by atoms with Gasteiger partial charge in [-0.05, 0) is 47.1 Å². The molecule has 4 nitrogen and oxygen atoms in total. The highest BCUT2D eigenvalue weighted by atomic mass is 79.9. The van der Waals surface area contributed by atoms with Crippen molar-refractivity contribution in [3.05, 3.63) is 28.2 Å². The number of carbonyl (C=O) groups excluding carboxylic acids is 1. The van der Waals surface area contributed by atoms with Gasteiger partial charge in [0.15, 0.2) is 0 Å². The van der Waals surface area contributed by atoms with Crippen molar-refractivity contribution in [3.8, 4) is 0 Å². The maximum absolute atomic E-state index is 12.2. The van der Waals surface area contributed by atoms with E-state index in [1.807, 2.05) is 30.0 Å². The number of amides is 1. The van der Waals surface area contributed by atoms with Crippen LogP contribution in [0.4, 0.5) is 5.69 Å². The van der Waals surface area contributed by atoms with Gasteiger partial charge in [-0.1, -0.05) is 13.0 Å². The molecule has 1 aliphatic rings. The number of aryl methyl sites for hydroxylation is 1. The minimum absolute atomic E-state index is 0.174. The highest BCUT2D eigenvalue weighted by molar-refractivity contribution is 9.10. The Hall–Kier alpha value is -1.07. The van der Waals surface area contributed by atoms with Crippen LogP contribution in [0.15, 0.2) is 22.7 Å². The number of halogens is 1. The zero-order chi connectivity index (χ0) is 14.5. The highest BCUT2D eigenvalue weighted by Gasteiger charge is 2.19.